The van der Waals surface area contributed by atoms with E-state index >= 15 is 0 Å². The van der Waals surface area contributed by atoms with Crippen molar-refractivity contribution in [1.29, 1.82) is 0 Å². The van der Waals surface area contributed by atoms with Gasteiger partial charge in [0.25, 0.3) is 0 Å². The quantitative estimate of drug-likeness (QED) is 0.637. The third-order valence-electron chi connectivity index (χ3n) is 4.94. The summed E-state index contributed by atoms with van der Waals surface area (Å²) in [4.78, 5) is 2.45. The molecule has 0 saturated carbocycles. The molecule has 0 aromatic carbocycles. The number of nitrogens with one attached hydrogen (secondary N) is 1. The lowest BCUT2D eigenvalue weighted by Gasteiger charge is -2.46. The third kappa shape index (κ3) is 4.24. The lowest BCUT2D eigenvalue weighted by molar-refractivity contribution is 0.0756. The zero-order valence-corrected chi connectivity index (χ0v) is 13.8. The van der Waals surface area contributed by atoms with Gasteiger partial charge in [0.1, 0.15) is 0 Å². The lowest BCUT2D eigenvalue weighted by atomic mass is 9.78. The van der Waals surface area contributed by atoms with Gasteiger partial charge in [-0.3, -0.25) is 0 Å². The van der Waals surface area contributed by atoms with Gasteiger partial charge in [-0.05, 0) is 45.8 Å². The van der Waals surface area contributed by atoms with E-state index in [4.69, 9.17) is 0 Å². The van der Waals surface area contributed by atoms with Crippen LogP contribution < -0.4 is 5.32 Å². The molecule has 0 aromatic rings. The van der Waals surface area contributed by atoms with Crippen LogP contribution in [0.15, 0.2) is 0 Å². The summed E-state index contributed by atoms with van der Waals surface area (Å²) in [6.07, 6.45) is 6.34. The van der Waals surface area contributed by atoms with Crippen molar-refractivity contribution in [3.8, 4) is 0 Å². The Bertz CT molecular complexity index is 193. The summed E-state index contributed by atoms with van der Waals surface area (Å²) in [6.45, 7) is 12.6. The molecule has 18 heavy (non-hydrogen) atoms. The highest BCUT2D eigenvalue weighted by molar-refractivity contribution is 4.97. The summed E-state index contributed by atoms with van der Waals surface area (Å²) < 4.78 is 0. The Kier molecular flexibility index (Phi) is 8.89. The summed E-state index contributed by atoms with van der Waals surface area (Å²) in [5.41, 5.74) is 0.304. The van der Waals surface area contributed by atoms with Crippen molar-refractivity contribution < 1.29 is 0 Å². The van der Waals surface area contributed by atoms with Gasteiger partial charge in [0, 0.05) is 11.6 Å². The summed E-state index contributed by atoms with van der Waals surface area (Å²) >= 11 is 0. The van der Waals surface area contributed by atoms with Gasteiger partial charge in [0.15, 0.2) is 0 Å². The summed E-state index contributed by atoms with van der Waals surface area (Å²) in [6, 6.07) is 0.609. The summed E-state index contributed by atoms with van der Waals surface area (Å²) in [5, 5.41) is 3.76. The molecular formula is C16H36N2. The van der Waals surface area contributed by atoms with Crippen LogP contribution in [-0.4, -0.2) is 37.1 Å². The van der Waals surface area contributed by atoms with Crippen molar-refractivity contribution in [2.45, 2.75) is 78.3 Å². The van der Waals surface area contributed by atoms with Crippen molar-refractivity contribution in [2.24, 2.45) is 5.92 Å². The summed E-state index contributed by atoms with van der Waals surface area (Å²) in [7, 11) is 4.48. The van der Waals surface area contributed by atoms with Crippen LogP contribution in [-0.2, 0) is 0 Å². The molecule has 2 nitrogen and oxygen atoms in total. The number of rotatable bonds is 10. The van der Waals surface area contributed by atoms with Crippen LogP contribution in [0.5, 0.6) is 0 Å². The average molecular weight is 256 g/mol. The van der Waals surface area contributed by atoms with Gasteiger partial charge in [-0.25, -0.2) is 0 Å². The first kappa shape index (κ1) is 17.9. The Balaban J connectivity index is 5.02. The molecule has 1 unspecified atom stereocenters. The number of hydrogen-bond donors (Lipinski definition) is 1. The zero-order chi connectivity index (χ0) is 14.2. The number of hydrogen-bond acceptors (Lipinski definition) is 2. The van der Waals surface area contributed by atoms with E-state index in [-0.39, 0.29) is 0 Å². The fourth-order valence-electron chi connectivity index (χ4n) is 3.38. The minimum absolute atomic E-state index is 0.304. The monoisotopic (exact) mass is 256 g/mol. The molecule has 0 spiro atoms. The minimum Gasteiger partial charge on any atom is -0.312 e. The largest absolute Gasteiger partial charge is 0.312 e. The highest BCUT2D eigenvalue weighted by Gasteiger charge is 2.37. The first-order valence-electron chi connectivity index (χ1n) is 7.92. The van der Waals surface area contributed by atoms with Gasteiger partial charge in [0.2, 0.25) is 0 Å². The van der Waals surface area contributed by atoms with Crippen LogP contribution >= 0.6 is 0 Å². The van der Waals surface area contributed by atoms with Gasteiger partial charge < -0.3 is 10.2 Å². The lowest BCUT2D eigenvalue weighted by Crippen LogP contribution is -2.59. The predicted octanol–water partition coefficient (Wildman–Crippen LogP) is 3.91. The molecular weight excluding hydrogens is 220 g/mol. The molecule has 0 bridgehead atoms. The molecule has 0 amide bonds. The van der Waals surface area contributed by atoms with Crippen molar-refractivity contribution in [3.63, 3.8) is 0 Å². The SMILES string of the molecule is CCNC(CC(CC)CC)C(CC)(CC)N(C)C. The van der Waals surface area contributed by atoms with E-state index in [0.29, 0.717) is 11.6 Å². The van der Waals surface area contributed by atoms with Crippen molar-refractivity contribution >= 4 is 0 Å². The number of likely N-dealkylation sites (N-methyl/N-ethyl adjacent to an activating group) is 2. The van der Waals surface area contributed by atoms with E-state index in [1.54, 1.807) is 0 Å². The molecule has 0 aromatic heterocycles. The van der Waals surface area contributed by atoms with Gasteiger partial charge in [-0.1, -0.05) is 47.5 Å². The highest BCUT2D eigenvalue weighted by Crippen LogP contribution is 2.31. The molecule has 0 fully saturated rings. The first-order valence-corrected chi connectivity index (χ1v) is 7.92. The second kappa shape index (κ2) is 8.92. The second-order valence-corrected chi connectivity index (χ2v) is 5.73. The molecule has 0 saturated heterocycles. The minimum atomic E-state index is 0.304. The Morgan fingerprint density at radius 3 is 1.72 bits per heavy atom. The molecule has 1 N–H and O–H groups in total. The van der Waals surface area contributed by atoms with Crippen LogP contribution in [0.2, 0.25) is 0 Å². The van der Waals surface area contributed by atoms with Gasteiger partial charge >= 0.3 is 0 Å². The Hall–Kier alpha value is -0.0800. The van der Waals surface area contributed by atoms with Crippen LogP contribution in [0, 0.1) is 5.92 Å². The zero-order valence-electron chi connectivity index (χ0n) is 13.8. The highest BCUT2D eigenvalue weighted by atomic mass is 15.2. The molecule has 0 radical (unpaired) electrons. The third-order valence-corrected chi connectivity index (χ3v) is 4.94. The molecule has 0 rings (SSSR count). The van der Waals surface area contributed by atoms with Crippen LogP contribution in [0.3, 0.4) is 0 Å². The van der Waals surface area contributed by atoms with E-state index in [9.17, 15) is 0 Å². The van der Waals surface area contributed by atoms with E-state index in [2.05, 4.69) is 58.9 Å². The van der Waals surface area contributed by atoms with Crippen molar-refractivity contribution in [1.82, 2.24) is 10.2 Å². The van der Waals surface area contributed by atoms with Crippen molar-refractivity contribution in [3.05, 3.63) is 0 Å². The second-order valence-electron chi connectivity index (χ2n) is 5.73. The molecule has 1 atom stereocenters. The van der Waals surface area contributed by atoms with Gasteiger partial charge in [-0.2, -0.15) is 0 Å². The standard InChI is InChI=1S/C16H36N2/c1-8-14(9-2)13-15(17-12-5)16(10-3,11-4)18(6)7/h14-15,17H,8-13H2,1-7H3. The van der Waals surface area contributed by atoms with E-state index in [1.165, 1.54) is 32.1 Å². The van der Waals surface area contributed by atoms with Crippen molar-refractivity contribution in [2.75, 3.05) is 20.6 Å². The molecule has 0 aliphatic carbocycles. The summed E-state index contributed by atoms with van der Waals surface area (Å²) in [5.74, 6) is 0.853. The predicted molar refractivity (Wildman–Crippen MR) is 83.2 cm³/mol. The topological polar surface area (TPSA) is 15.3 Å². The normalized spacial score (nSPS) is 14.5. The van der Waals surface area contributed by atoms with Crippen LogP contribution in [0.25, 0.3) is 0 Å². The fourth-order valence-corrected chi connectivity index (χ4v) is 3.38. The Morgan fingerprint density at radius 1 is 0.944 bits per heavy atom. The average Bonchev–Trinajstić information content (AvgIpc) is 2.37. The number of nitrogens with zero attached hydrogens (tertiary/aromatic N) is 1. The molecule has 0 aliphatic rings. The molecule has 110 valence electrons. The maximum atomic E-state index is 3.76. The molecule has 0 heterocycles. The smallest absolute Gasteiger partial charge is 0.0351 e. The van der Waals surface area contributed by atoms with E-state index < -0.39 is 0 Å². The van der Waals surface area contributed by atoms with E-state index in [0.717, 1.165) is 12.5 Å². The van der Waals surface area contributed by atoms with Crippen LogP contribution in [0.4, 0.5) is 0 Å². The van der Waals surface area contributed by atoms with E-state index in [1.807, 2.05) is 0 Å². The van der Waals surface area contributed by atoms with Crippen LogP contribution in [0.1, 0.15) is 66.7 Å². The first-order chi connectivity index (χ1) is 8.52. The molecule has 0 aliphatic heterocycles. The van der Waals surface area contributed by atoms with Gasteiger partial charge in [0.05, 0.1) is 0 Å². The Morgan fingerprint density at radius 2 is 1.44 bits per heavy atom. The molecule has 2 heteroatoms. The fraction of sp³-hybridized carbons (Fsp3) is 1.00. The Labute approximate surface area is 116 Å². The maximum absolute atomic E-state index is 3.76. The maximum Gasteiger partial charge on any atom is 0.0351 e. The van der Waals surface area contributed by atoms with Gasteiger partial charge in [-0.15, -0.1) is 0 Å².